The van der Waals surface area contributed by atoms with E-state index in [0.717, 1.165) is 52.4 Å². The van der Waals surface area contributed by atoms with Gasteiger partial charge in [-0.3, -0.25) is 0 Å². The molecule has 0 radical (unpaired) electrons. The molecule has 1 unspecified atom stereocenters. The maximum Gasteiger partial charge on any atom is 0.230 e. The van der Waals surface area contributed by atoms with Crippen LogP contribution >= 0.6 is 11.3 Å². The third kappa shape index (κ3) is 5.38. The molecule has 0 aliphatic carbocycles. The van der Waals surface area contributed by atoms with E-state index >= 15 is 0 Å². The van der Waals surface area contributed by atoms with Gasteiger partial charge in [0.2, 0.25) is 5.95 Å². The highest BCUT2D eigenvalue weighted by molar-refractivity contribution is 7.17. The lowest BCUT2D eigenvalue weighted by atomic mass is 10.1. The van der Waals surface area contributed by atoms with Gasteiger partial charge in [0, 0.05) is 30.9 Å². The molecule has 9 nitrogen and oxygen atoms in total. The molecule has 38 heavy (non-hydrogen) atoms. The summed E-state index contributed by atoms with van der Waals surface area (Å²) in [4.78, 5) is 19.7. The Morgan fingerprint density at radius 3 is 2.66 bits per heavy atom. The fraction of sp³-hybridized carbons (Fsp3) is 0.393. The number of methoxy groups -OCH3 is 1. The van der Waals surface area contributed by atoms with Crippen LogP contribution in [0.1, 0.15) is 31.5 Å². The van der Waals surface area contributed by atoms with Crippen molar-refractivity contribution < 1.29 is 9.84 Å². The SMILES string of the molecule is COc1cc(Nc2nc(Nc3cccc(C(C)(C)O)n3)c3c(C)csc3n2)ccc1N1CCC(N(C)C)C1. The lowest BCUT2D eigenvalue weighted by molar-refractivity contribution is 0.0740. The summed E-state index contributed by atoms with van der Waals surface area (Å²) in [5.74, 6) is 2.55. The van der Waals surface area contributed by atoms with E-state index in [-0.39, 0.29) is 0 Å². The summed E-state index contributed by atoms with van der Waals surface area (Å²) in [6, 6.07) is 12.2. The molecular weight excluding hydrogens is 498 g/mol. The molecule has 0 spiro atoms. The number of pyridine rings is 1. The van der Waals surface area contributed by atoms with Gasteiger partial charge in [0.15, 0.2) is 0 Å². The third-order valence-electron chi connectivity index (χ3n) is 6.91. The number of aliphatic hydroxyl groups is 1. The van der Waals surface area contributed by atoms with Crippen LogP contribution in [0.2, 0.25) is 0 Å². The summed E-state index contributed by atoms with van der Waals surface area (Å²) in [5, 5.41) is 20.1. The van der Waals surface area contributed by atoms with Gasteiger partial charge < -0.3 is 30.3 Å². The van der Waals surface area contributed by atoms with Crippen molar-refractivity contribution in [3.8, 4) is 5.75 Å². The Bertz CT molecular complexity index is 1450. The number of ether oxygens (including phenoxy) is 1. The first-order chi connectivity index (χ1) is 18.1. The number of rotatable bonds is 8. The summed E-state index contributed by atoms with van der Waals surface area (Å²) in [6.07, 6.45) is 1.13. The number of hydrogen-bond donors (Lipinski definition) is 3. The van der Waals surface area contributed by atoms with Crippen LogP contribution in [0.3, 0.4) is 0 Å². The number of thiophene rings is 1. The number of benzene rings is 1. The molecule has 4 heterocycles. The van der Waals surface area contributed by atoms with Crippen molar-refractivity contribution in [2.45, 2.75) is 38.8 Å². The zero-order chi connectivity index (χ0) is 27.0. The monoisotopic (exact) mass is 533 g/mol. The molecule has 3 N–H and O–H groups in total. The number of aryl methyl sites for hydroxylation is 1. The Kier molecular flexibility index (Phi) is 7.13. The van der Waals surface area contributed by atoms with Gasteiger partial charge in [-0.1, -0.05) is 6.07 Å². The smallest absolute Gasteiger partial charge is 0.230 e. The van der Waals surface area contributed by atoms with Crippen molar-refractivity contribution in [1.29, 1.82) is 0 Å². The van der Waals surface area contributed by atoms with Crippen LogP contribution in [0.25, 0.3) is 10.2 Å². The summed E-state index contributed by atoms with van der Waals surface area (Å²) in [6.45, 7) is 7.46. The second kappa shape index (κ2) is 10.4. The highest BCUT2D eigenvalue weighted by atomic mass is 32.1. The summed E-state index contributed by atoms with van der Waals surface area (Å²) < 4.78 is 5.77. The number of hydrogen-bond acceptors (Lipinski definition) is 10. The van der Waals surface area contributed by atoms with E-state index in [1.54, 1.807) is 32.3 Å². The highest BCUT2D eigenvalue weighted by Crippen LogP contribution is 2.36. The predicted molar refractivity (Wildman–Crippen MR) is 155 cm³/mol. The van der Waals surface area contributed by atoms with Crippen LogP contribution in [0.15, 0.2) is 41.8 Å². The van der Waals surface area contributed by atoms with Gasteiger partial charge >= 0.3 is 0 Å². The van der Waals surface area contributed by atoms with Crippen molar-refractivity contribution in [1.82, 2.24) is 19.9 Å². The van der Waals surface area contributed by atoms with Crippen LogP contribution in [0.4, 0.5) is 29.0 Å². The van der Waals surface area contributed by atoms with Crippen molar-refractivity contribution in [2.75, 3.05) is 49.8 Å². The Hall–Kier alpha value is -3.47. The quantitative estimate of drug-likeness (QED) is 0.280. The van der Waals surface area contributed by atoms with Gasteiger partial charge in [-0.2, -0.15) is 4.98 Å². The number of nitrogens with one attached hydrogen (secondary N) is 2. The van der Waals surface area contributed by atoms with E-state index in [4.69, 9.17) is 14.7 Å². The molecule has 200 valence electrons. The summed E-state index contributed by atoms with van der Waals surface area (Å²) >= 11 is 1.57. The van der Waals surface area contributed by atoms with Crippen LogP contribution in [-0.2, 0) is 5.60 Å². The molecule has 0 amide bonds. The molecule has 1 aliphatic rings. The van der Waals surface area contributed by atoms with Crippen LogP contribution in [0.5, 0.6) is 5.75 Å². The second-order valence-corrected chi connectivity index (χ2v) is 11.3. The van der Waals surface area contributed by atoms with Gasteiger partial charge in [0.05, 0.1) is 23.9 Å². The maximum absolute atomic E-state index is 10.4. The normalized spacial score (nSPS) is 15.9. The minimum atomic E-state index is -1.04. The second-order valence-electron chi connectivity index (χ2n) is 10.5. The Morgan fingerprint density at radius 2 is 1.95 bits per heavy atom. The van der Waals surface area contributed by atoms with E-state index in [0.29, 0.717) is 29.3 Å². The maximum atomic E-state index is 10.4. The summed E-state index contributed by atoms with van der Waals surface area (Å²) in [5.41, 5.74) is 2.56. The fourth-order valence-corrected chi connectivity index (χ4v) is 5.65. The van der Waals surface area contributed by atoms with Crippen molar-refractivity contribution >= 4 is 50.5 Å². The molecule has 1 atom stereocenters. The first kappa shape index (κ1) is 26.1. The van der Waals surface area contributed by atoms with E-state index in [2.05, 4.69) is 51.0 Å². The largest absolute Gasteiger partial charge is 0.495 e. The van der Waals surface area contributed by atoms with E-state index in [9.17, 15) is 5.11 Å². The van der Waals surface area contributed by atoms with Gasteiger partial charge in [0.1, 0.15) is 27.8 Å². The lowest BCUT2D eigenvalue weighted by Crippen LogP contribution is -2.31. The topological polar surface area (TPSA) is 98.7 Å². The first-order valence-electron chi connectivity index (χ1n) is 12.7. The van der Waals surface area contributed by atoms with Gasteiger partial charge in [-0.15, -0.1) is 11.3 Å². The third-order valence-corrected chi connectivity index (χ3v) is 7.90. The lowest BCUT2D eigenvalue weighted by Gasteiger charge is -2.24. The number of aromatic nitrogens is 3. The predicted octanol–water partition coefficient (Wildman–Crippen LogP) is 5.26. The number of nitrogens with zero attached hydrogens (tertiary/aromatic N) is 5. The average molecular weight is 534 g/mol. The number of fused-ring (bicyclic) bond motifs is 1. The minimum absolute atomic E-state index is 0.476. The molecule has 10 heteroatoms. The minimum Gasteiger partial charge on any atom is -0.495 e. The Morgan fingerprint density at radius 1 is 1.13 bits per heavy atom. The van der Waals surface area contributed by atoms with Gasteiger partial charge in [-0.05, 0) is 76.5 Å². The summed E-state index contributed by atoms with van der Waals surface area (Å²) in [7, 11) is 5.97. The fourth-order valence-electron chi connectivity index (χ4n) is 4.72. The molecule has 3 aromatic heterocycles. The van der Waals surface area contributed by atoms with Crippen molar-refractivity contribution in [2.24, 2.45) is 0 Å². The molecule has 0 saturated carbocycles. The van der Waals surface area contributed by atoms with E-state index in [1.165, 1.54) is 0 Å². The Balaban J connectivity index is 1.43. The molecule has 1 saturated heterocycles. The highest BCUT2D eigenvalue weighted by Gasteiger charge is 2.26. The van der Waals surface area contributed by atoms with Crippen molar-refractivity contribution in [3.63, 3.8) is 0 Å². The molecule has 1 aromatic carbocycles. The number of likely N-dealkylation sites (N-methyl/N-ethyl adjacent to an activating group) is 1. The standard InChI is InChI=1S/C28H35N7O2S/c1-17-16-38-26-24(17)25(31-23-9-7-8-22(30-23)28(2,3)36)32-27(33-26)29-18-10-11-20(21(14-18)37-6)35-13-12-19(15-35)34(4)5/h7-11,14,16,19,36H,12-13,15H2,1-6H3,(H2,29,30,31,32,33). The molecule has 4 aromatic rings. The van der Waals surface area contributed by atoms with Crippen LogP contribution in [0, 0.1) is 6.92 Å². The Labute approximate surface area is 227 Å². The first-order valence-corrected chi connectivity index (χ1v) is 13.6. The van der Waals surface area contributed by atoms with Crippen molar-refractivity contribution in [3.05, 3.63) is 53.0 Å². The van der Waals surface area contributed by atoms with Gasteiger partial charge in [-0.25, -0.2) is 9.97 Å². The zero-order valence-corrected chi connectivity index (χ0v) is 23.6. The average Bonchev–Trinajstić information content (AvgIpc) is 3.51. The number of anilines is 5. The molecule has 1 aliphatic heterocycles. The van der Waals surface area contributed by atoms with Crippen LogP contribution < -0.4 is 20.3 Å². The van der Waals surface area contributed by atoms with E-state index < -0.39 is 5.60 Å². The molecule has 1 fully saturated rings. The molecule has 0 bridgehead atoms. The zero-order valence-electron chi connectivity index (χ0n) is 22.7. The van der Waals surface area contributed by atoms with E-state index in [1.807, 2.05) is 37.3 Å². The van der Waals surface area contributed by atoms with Gasteiger partial charge in [0.25, 0.3) is 0 Å². The molecule has 5 rings (SSSR count). The molecular formula is C28H35N7O2S. The van der Waals surface area contributed by atoms with Crippen LogP contribution in [-0.4, -0.2) is 65.3 Å².